The van der Waals surface area contributed by atoms with Crippen LogP contribution in [0.15, 0.2) is 18.2 Å². The molecule has 0 spiro atoms. The minimum atomic E-state index is -3.71. The number of hydrogen-bond donors (Lipinski definition) is 0. The van der Waals surface area contributed by atoms with Gasteiger partial charge in [-0.05, 0) is 51.3 Å². The predicted octanol–water partition coefficient (Wildman–Crippen LogP) is 2.60. The van der Waals surface area contributed by atoms with E-state index in [4.69, 9.17) is 16.3 Å². The number of anilines is 1. The summed E-state index contributed by atoms with van der Waals surface area (Å²) in [5.74, 6) is -0.764. The molecule has 1 atom stereocenters. The maximum atomic E-state index is 13.0. The Morgan fingerprint density at radius 1 is 1.32 bits per heavy atom. The second-order valence-electron chi connectivity index (χ2n) is 7.02. The zero-order valence-corrected chi connectivity index (χ0v) is 18.2. The minimum Gasteiger partial charge on any atom is -0.466 e. The summed E-state index contributed by atoms with van der Waals surface area (Å²) in [6, 6.07) is 3.99. The van der Waals surface area contributed by atoms with E-state index in [1.54, 1.807) is 36.9 Å². The lowest BCUT2D eigenvalue weighted by atomic mass is 9.96. The molecule has 28 heavy (non-hydrogen) atoms. The van der Waals surface area contributed by atoms with Gasteiger partial charge in [0.05, 0.1) is 24.5 Å². The average Bonchev–Trinajstić information content (AvgIpc) is 2.63. The Labute approximate surface area is 171 Å². The SMILES string of the molecule is CCOC(=O)C1CCN(C(=O)[C@H](C)N(c2ccc(C)c(Cl)c2)S(C)(=O)=O)CC1. The fraction of sp³-hybridized carbons (Fsp3) is 0.579. The molecule has 7 nitrogen and oxygen atoms in total. The molecule has 9 heteroatoms. The molecule has 0 bridgehead atoms. The molecule has 1 aromatic rings. The number of benzene rings is 1. The number of rotatable bonds is 6. The number of piperidine rings is 1. The first-order valence-corrected chi connectivity index (χ1v) is 11.5. The van der Waals surface area contributed by atoms with E-state index in [1.807, 2.05) is 6.92 Å². The van der Waals surface area contributed by atoms with E-state index < -0.39 is 16.1 Å². The largest absolute Gasteiger partial charge is 0.466 e. The van der Waals surface area contributed by atoms with Crippen LogP contribution in [-0.4, -0.2) is 57.2 Å². The van der Waals surface area contributed by atoms with Gasteiger partial charge in [0.25, 0.3) is 0 Å². The lowest BCUT2D eigenvalue weighted by Gasteiger charge is -2.36. The first kappa shape index (κ1) is 22.5. The van der Waals surface area contributed by atoms with Gasteiger partial charge in [0.1, 0.15) is 6.04 Å². The van der Waals surface area contributed by atoms with Gasteiger partial charge in [-0.25, -0.2) is 8.42 Å². The van der Waals surface area contributed by atoms with Gasteiger partial charge in [-0.2, -0.15) is 0 Å². The quantitative estimate of drug-likeness (QED) is 0.647. The van der Waals surface area contributed by atoms with Gasteiger partial charge in [-0.3, -0.25) is 13.9 Å². The molecule has 1 heterocycles. The van der Waals surface area contributed by atoms with Crippen LogP contribution in [0.1, 0.15) is 32.3 Å². The fourth-order valence-corrected chi connectivity index (χ4v) is 4.72. The van der Waals surface area contributed by atoms with E-state index in [9.17, 15) is 18.0 Å². The summed E-state index contributed by atoms with van der Waals surface area (Å²) in [4.78, 5) is 26.5. The van der Waals surface area contributed by atoms with Crippen molar-refractivity contribution in [3.63, 3.8) is 0 Å². The molecule has 1 saturated heterocycles. The monoisotopic (exact) mass is 430 g/mol. The molecule has 156 valence electrons. The molecule has 0 radical (unpaired) electrons. The zero-order valence-electron chi connectivity index (χ0n) is 16.6. The maximum Gasteiger partial charge on any atom is 0.309 e. The summed E-state index contributed by atoms with van der Waals surface area (Å²) in [6.07, 6.45) is 2.08. The first-order chi connectivity index (χ1) is 13.1. The highest BCUT2D eigenvalue weighted by atomic mass is 35.5. The molecule has 1 aliphatic heterocycles. The number of carbonyl (C=O) groups excluding carboxylic acids is 2. The summed E-state index contributed by atoms with van der Waals surface area (Å²) in [5, 5.41) is 0.432. The van der Waals surface area contributed by atoms with Gasteiger partial charge >= 0.3 is 5.97 Å². The van der Waals surface area contributed by atoms with Crippen LogP contribution in [0.5, 0.6) is 0 Å². The number of ether oxygens (including phenoxy) is 1. The molecule has 2 rings (SSSR count). The molecular formula is C19H27ClN2O5S. The number of sulfonamides is 1. The normalized spacial score (nSPS) is 16.5. The smallest absolute Gasteiger partial charge is 0.309 e. The van der Waals surface area contributed by atoms with E-state index in [0.717, 1.165) is 16.1 Å². The van der Waals surface area contributed by atoms with Crippen LogP contribution in [0.3, 0.4) is 0 Å². The van der Waals surface area contributed by atoms with Crippen LogP contribution in [0.4, 0.5) is 5.69 Å². The van der Waals surface area contributed by atoms with Crippen LogP contribution in [-0.2, 0) is 24.3 Å². The number of hydrogen-bond acceptors (Lipinski definition) is 5. The van der Waals surface area contributed by atoms with Crippen LogP contribution < -0.4 is 4.31 Å². The highest BCUT2D eigenvalue weighted by molar-refractivity contribution is 7.92. The van der Waals surface area contributed by atoms with Gasteiger partial charge < -0.3 is 9.64 Å². The third-order valence-electron chi connectivity index (χ3n) is 4.90. The summed E-state index contributed by atoms with van der Waals surface area (Å²) in [6.45, 7) is 6.25. The summed E-state index contributed by atoms with van der Waals surface area (Å²) in [7, 11) is -3.71. The third-order valence-corrected chi connectivity index (χ3v) is 6.55. The van der Waals surface area contributed by atoms with Crippen LogP contribution in [0.25, 0.3) is 0 Å². The topological polar surface area (TPSA) is 84.0 Å². The van der Waals surface area contributed by atoms with E-state index in [1.165, 1.54) is 0 Å². The minimum absolute atomic E-state index is 0.221. The number of likely N-dealkylation sites (tertiary alicyclic amines) is 1. The molecule has 0 aliphatic carbocycles. The van der Waals surface area contributed by atoms with Crippen molar-refractivity contribution in [2.45, 2.75) is 39.7 Å². The highest BCUT2D eigenvalue weighted by Crippen LogP contribution is 2.28. The number of esters is 1. The average molecular weight is 431 g/mol. The third kappa shape index (κ3) is 5.17. The summed E-state index contributed by atoms with van der Waals surface area (Å²) < 4.78 is 31.0. The molecule has 0 unspecified atom stereocenters. The predicted molar refractivity (Wildman–Crippen MR) is 109 cm³/mol. The van der Waals surface area contributed by atoms with Crippen LogP contribution in [0.2, 0.25) is 5.02 Å². The lowest BCUT2D eigenvalue weighted by molar-refractivity contribution is -0.151. The second-order valence-corrected chi connectivity index (χ2v) is 9.29. The van der Waals surface area contributed by atoms with E-state index in [0.29, 0.717) is 43.2 Å². The Hall–Kier alpha value is -1.80. The standard InChI is InChI=1S/C19H27ClN2O5S/c1-5-27-19(24)15-8-10-21(11-9-15)18(23)14(3)22(28(4,25)26)16-7-6-13(2)17(20)12-16/h6-7,12,14-15H,5,8-11H2,1-4H3/t14-/m0/s1. The van der Waals surface area contributed by atoms with E-state index in [2.05, 4.69) is 0 Å². The molecule has 1 aromatic carbocycles. The lowest BCUT2D eigenvalue weighted by Crippen LogP contribution is -2.51. The molecule has 0 saturated carbocycles. The van der Waals surface area contributed by atoms with Gasteiger partial charge in [0.15, 0.2) is 0 Å². The van der Waals surface area contributed by atoms with Gasteiger partial charge in [0.2, 0.25) is 15.9 Å². The molecule has 1 fully saturated rings. The number of carbonyl (C=O) groups is 2. The van der Waals surface area contributed by atoms with Gasteiger partial charge in [0, 0.05) is 18.1 Å². The summed E-state index contributed by atoms with van der Waals surface area (Å²) in [5.41, 5.74) is 1.17. The maximum absolute atomic E-state index is 13.0. The van der Waals surface area contributed by atoms with E-state index >= 15 is 0 Å². The second kappa shape index (κ2) is 9.13. The number of nitrogens with zero attached hydrogens (tertiary/aromatic N) is 2. The Bertz CT molecular complexity index is 835. The molecule has 0 N–H and O–H groups in total. The number of aryl methyl sites for hydroxylation is 1. The van der Waals surface area contributed by atoms with E-state index in [-0.39, 0.29) is 17.8 Å². The Balaban J connectivity index is 2.17. The van der Waals surface area contributed by atoms with Crippen molar-refractivity contribution in [2.24, 2.45) is 5.92 Å². The van der Waals surface area contributed by atoms with Crippen LogP contribution in [0, 0.1) is 12.8 Å². The Morgan fingerprint density at radius 2 is 1.93 bits per heavy atom. The molecular weight excluding hydrogens is 404 g/mol. The molecule has 0 aromatic heterocycles. The van der Waals surface area contributed by atoms with Crippen LogP contribution >= 0.6 is 11.6 Å². The van der Waals surface area contributed by atoms with Crippen molar-refractivity contribution in [1.82, 2.24) is 4.90 Å². The van der Waals surface area contributed by atoms with Crippen molar-refractivity contribution in [3.8, 4) is 0 Å². The Kier molecular flexibility index (Phi) is 7.33. The first-order valence-electron chi connectivity index (χ1n) is 9.27. The van der Waals surface area contributed by atoms with Crippen molar-refractivity contribution in [2.75, 3.05) is 30.3 Å². The highest BCUT2D eigenvalue weighted by Gasteiger charge is 2.35. The number of amides is 1. The van der Waals surface area contributed by atoms with Gasteiger partial charge in [-0.15, -0.1) is 0 Å². The zero-order chi connectivity index (χ0) is 21.1. The van der Waals surface area contributed by atoms with Crippen molar-refractivity contribution in [1.29, 1.82) is 0 Å². The number of halogens is 1. The van der Waals surface area contributed by atoms with Crippen molar-refractivity contribution >= 4 is 39.2 Å². The summed E-state index contributed by atoms with van der Waals surface area (Å²) >= 11 is 6.15. The Morgan fingerprint density at radius 3 is 2.43 bits per heavy atom. The molecule has 1 aliphatic rings. The fourth-order valence-electron chi connectivity index (χ4n) is 3.38. The van der Waals surface area contributed by atoms with Crippen molar-refractivity contribution in [3.05, 3.63) is 28.8 Å². The van der Waals surface area contributed by atoms with Gasteiger partial charge in [-0.1, -0.05) is 17.7 Å². The van der Waals surface area contributed by atoms with Crippen molar-refractivity contribution < 1.29 is 22.7 Å². The molecule has 1 amide bonds.